The van der Waals surface area contributed by atoms with Gasteiger partial charge in [0.25, 0.3) is 21.9 Å². The van der Waals surface area contributed by atoms with Gasteiger partial charge in [-0.1, -0.05) is 56.3 Å². The first-order valence-electron chi connectivity index (χ1n) is 17.3. The highest BCUT2D eigenvalue weighted by Gasteiger charge is 2.72. The lowest BCUT2D eigenvalue weighted by Gasteiger charge is -2.48. The van der Waals surface area contributed by atoms with Gasteiger partial charge in [-0.25, -0.2) is 0 Å². The van der Waals surface area contributed by atoms with Crippen LogP contribution in [0.4, 0.5) is 0 Å². The summed E-state index contributed by atoms with van der Waals surface area (Å²) in [6.07, 6.45) is 5.84. The topological polar surface area (TPSA) is 173 Å². The predicted molar refractivity (Wildman–Crippen MR) is 184 cm³/mol. The molecule has 3 aromatic rings. The van der Waals surface area contributed by atoms with Crippen LogP contribution in [0.5, 0.6) is 0 Å². The van der Waals surface area contributed by atoms with Crippen LogP contribution in [0.2, 0.25) is 0 Å². The molecule has 0 spiro atoms. The van der Waals surface area contributed by atoms with E-state index in [0.29, 0.717) is 38.6 Å². The number of carbonyl (C=O) groups excluding carboxylic acids is 3. The molecule has 2 aromatic carbocycles. The van der Waals surface area contributed by atoms with Gasteiger partial charge in [0.1, 0.15) is 12.1 Å². The average molecular weight is 708 g/mol. The molecule has 4 N–H and O–H groups in total. The Labute approximate surface area is 291 Å². The first kappa shape index (κ1) is 34.6. The molecule has 1 aromatic heterocycles. The number of nitrogens with one attached hydrogen (secondary N) is 2. The fourth-order valence-corrected chi connectivity index (χ4v) is 8.99. The van der Waals surface area contributed by atoms with Gasteiger partial charge < -0.3 is 25.2 Å². The minimum atomic E-state index is -3.67. The highest BCUT2D eigenvalue weighted by Crippen LogP contribution is 2.49. The summed E-state index contributed by atoms with van der Waals surface area (Å²) in [5.74, 6) is -3.80. The molecule has 8 rings (SSSR count). The van der Waals surface area contributed by atoms with Crippen molar-refractivity contribution in [3.63, 3.8) is 0 Å². The van der Waals surface area contributed by atoms with Crippen LogP contribution < -0.4 is 5.32 Å². The number of nitrogens with zero attached hydrogens (tertiary/aromatic N) is 3. The summed E-state index contributed by atoms with van der Waals surface area (Å²) < 4.78 is 32.4. The molecule has 5 aliphatic rings. The molecule has 1 aliphatic carbocycles. The Morgan fingerprint density at radius 2 is 1.86 bits per heavy atom. The lowest BCUT2D eigenvalue weighted by molar-refractivity contribution is -0.321. The SMILES string of the molecule is CC(C)[C@@]1(NC(=O)[C@@H]2C[C@@H]3c4cccc5[nH]cc(c45)C[C@H]3N(C)C2)O[C@@]2(O)[C@@H]3CCCN3C(=O)[C@H](Cc3ccccc3)N2C1=O.CS(=O)(=O)O. The minimum Gasteiger partial charge on any atom is -0.361 e. The van der Waals surface area contributed by atoms with E-state index in [1.165, 1.54) is 21.4 Å². The van der Waals surface area contributed by atoms with E-state index in [1.807, 2.05) is 44.2 Å². The van der Waals surface area contributed by atoms with Gasteiger partial charge in [-0.15, -0.1) is 0 Å². The van der Waals surface area contributed by atoms with Crippen LogP contribution in [0.1, 0.15) is 55.7 Å². The number of benzene rings is 2. The summed E-state index contributed by atoms with van der Waals surface area (Å²) in [7, 11) is -1.60. The molecule has 4 fully saturated rings. The van der Waals surface area contributed by atoms with E-state index >= 15 is 0 Å². The van der Waals surface area contributed by atoms with Crippen molar-refractivity contribution in [3.8, 4) is 0 Å². The van der Waals surface area contributed by atoms with Crippen LogP contribution in [0, 0.1) is 11.8 Å². The summed E-state index contributed by atoms with van der Waals surface area (Å²) in [5.41, 5.74) is 2.75. The quantitative estimate of drug-likeness (QED) is 0.290. The van der Waals surface area contributed by atoms with E-state index in [4.69, 9.17) is 9.29 Å². The number of piperazine rings is 1. The van der Waals surface area contributed by atoms with Gasteiger partial charge in [-0.2, -0.15) is 8.42 Å². The zero-order valence-corrected chi connectivity index (χ0v) is 29.5. The van der Waals surface area contributed by atoms with Crippen molar-refractivity contribution in [3.05, 3.63) is 71.4 Å². The normalized spacial score (nSPS) is 32.0. The van der Waals surface area contributed by atoms with Crippen molar-refractivity contribution in [2.24, 2.45) is 11.8 Å². The Morgan fingerprint density at radius 1 is 1.14 bits per heavy atom. The fourth-order valence-electron chi connectivity index (χ4n) is 8.99. The fraction of sp³-hybridized carbons (Fsp3) is 0.528. The van der Waals surface area contributed by atoms with E-state index in [2.05, 4.69) is 46.6 Å². The maximum Gasteiger partial charge on any atom is 0.281 e. The number of carbonyl (C=O) groups is 3. The molecule has 4 aliphatic heterocycles. The summed E-state index contributed by atoms with van der Waals surface area (Å²) in [4.78, 5) is 51.4. The number of fused-ring (bicyclic) bond motifs is 5. The van der Waals surface area contributed by atoms with Gasteiger partial charge >= 0.3 is 0 Å². The Bertz CT molecular complexity index is 1930. The van der Waals surface area contributed by atoms with Gasteiger partial charge in [0.2, 0.25) is 17.5 Å². The van der Waals surface area contributed by atoms with Gasteiger partial charge in [0.05, 0.1) is 12.2 Å². The largest absolute Gasteiger partial charge is 0.361 e. The number of aliphatic hydroxyl groups is 1. The van der Waals surface area contributed by atoms with Crippen molar-refractivity contribution in [1.29, 1.82) is 0 Å². The number of hydrogen-bond acceptors (Lipinski definition) is 8. The number of aromatic nitrogens is 1. The van der Waals surface area contributed by atoms with Crippen molar-refractivity contribution in [2.75, 3.05) is 26.4 Å². The summed E-state index contributed by atoms with van der Waals surface area (Å²) in [6.45, 7) is 4.68. The number of hydrogen-bond donors (Lipinski definition) is 4. The van der Waals surface area contributed by atoms with Crippen LogP contribution in [0.15, 0.2) is 54.7 Å². The van der Waals surface area contributed by atoms with Crippen molar-refractivity contribution in [1.82, 2.24) is 25.0 Å². The molecule has 0 saturated carbocycles. The molecule has 0 bridgehead atoms. The minimum absolute atomic E-state index is 0.164. The number of aromatic amines is 1. The molecule has 3 amide bonds. The molecule has 50 heavy (non-hydrogen) atoms. The first-order chi connectivity index (χ1) is 23.6. The number of ether oxygens (including phenoxy) is 1. The maximum atomic E-state index is 14.6. The van der Waals surface area contributed by atoms with Crippen molar-refractivity contribution < 1.29 is 37.2 Å². The second-order valence-electron chi connectivity index (χ2n) is 14.8. The van der Waals surface area contributed by atoms with E-state index in [9.17, 15) is 27.9 Å². The van der Waals surface area contributed by atoms with Gasteiger partial charge in [-0.3, -0.25) is 28.6 Å². The van der Waals surface area contributed by atoms with Gasteiger partial charge in [0, 0.05) is 54.5 Å². The van der Waals surface area contributed by atoms with E-state index < -0.39 is 51.6 Å². The second kappa shape index (κ2) is 12.4. The Hall–Kier alpha value is -3.82. The van der Waals surface area contributed by atoms with Crippen LogP contribution in [0.3, 0.4) is 0 Å². The standard InChI is InChI=1S/C35H41N5O5.CH4O3S/c1-20(2)34(37-31(41)23-16-25-24-11-7-12-26-30(24)22(18-36-26)17-27(25)38(3)19-23)33(43)40-28(15-21-9-5-4-6-10-21)32(42)39-14-8-13-29(39)35(40,44)45-34;1-5(2,3)4/h4-7,9-12,18,20,23,25,27-29,36,44H,8,13-17,19H2,1-3H3,(H,37,41);1H3,(H,2,3,4)/t23-,25-,27-,28+,29+,34-,35+;/m1./s1. The molecule has 13 nitrogen and oxygen atoms in total. The second-order valence-corrected chi connectivity index (χ2v) is 16.2. The van der Waals surface area contributed by atoms with Crippen molar-refractivity contribution in [2.45, 2.75) is 81.6 Å². The number of likely N-dealkylation sites (N-methyl/N-ethyl adjacent to an activating group) is 1. The highest BCUT2D eigenvalue weighted by atomic mass is 32.2. The lowest BCUT2D eigenvalue weighted by Crippen LogP contribution is -2.71. The highest BCUT2D eigenvalue weighted by molar-refractivity contribution is 7.85. The van der Waals surface area contributed by atoms with Crippen LogP contribution in [-0.2, 0) is 42.1 Å². The third kappa shape index (κ3) is 5.70. The zero-order chi connectivity index (χ0) is 35.7. The molecule has 4 saturated heterocycles. The molecule has 14 heteroatoms. The van der Waals surface area contributed by atoms with Crippen LogP contribution >= 0.6 is 0 Å². The number of likely N-dealkylation sites (tertiary alicyclic amines) is 1. The Morgan fingerprint density at radius 3 is 2.56 bits per heavy atom. The number of H-pyrrole nitrogens is 1. The average Bonchev–Trinajstić information content (AvgIpc) is 3.77. The number of piperidine rings is 1. The molecule has 5 heterocycles. The molecule has 268 valence electrons. The summed E-state index contributed by atoms with van der Waals surface area (Å²) in [5, 5.41) is 16.6. The maximum absolute atomic E-state index is 14.6. The van der Waals surface area contributed by atoms with Gasteiger partial charge in [-0.05, 0) is 55.5 Å². The predicted octanol–water partition coefficient (Wildman–Crippen LogP) is 2.22. The molecular formula is C36H45N5O8S. The number of amides is 3. The van der Waals surface area contributed by atoms with Crippen LogP contribution in [-0.4, -0.2) is 112 Å². The van der Waals surface area contributed by atoms with E-state index in [0.717, 1.165) is 17.5 Å². The Balaban J connectivity index is 0.000000734. The smallest absolute Gasteiger partial charge is 0.281 e. The third-order valence-electron chi connectivity index (χ3n) is 11.2. The van der Waals surface area contributed by atoms with E-state index in [1.54, 1.807) is 4.90 Å². The zero-order valence-electron chi connectivity index (χ0n) is 28.7. The lowest BCUT2D eigenvalue weighted by atomic mass is 9.72. The summed E-state index contributed by atoms with van der Waals surface area (Å²) in [6, 6.07) is 14.5. The van der Waals surface area contributed by atoms with E-state index in [-0.39, 0.29) is 30.2 Å². The van der Waals surface area contributed by atoms with Gasteiger partial charge in [0.15, 0.2) is 0 Å². The Kier molecular flexibility index (Phi) is 8.62. The molecule has 0 radical (unpaired) electrons. The molecule has 7 atom stereocenters. The summed E-state index contributed by atoms with van der Waals surface area (Å²) >= 11 is 0. The molecule has 0 unspecified atom stereocenters. The van der Waals surface area contributed by atoms with Crippen LogP contribution in [0.25, 0.3) is 10.9 Å². The first-order valence-corrected chi connectivity index (χ1v) is 19.1. The molecular weight excluding hydrogens is 662 g/mol. The monoisotopic (exact) mass is 707 g/mol. The number of rotatable bonds is 5. The van der Waals surface area contributed by atoms with Crippen molar-refractivity contribution >= 4 is 38.7 Å². The third-order valence-corrected chi connectivity index (χ3v) is 11.2.